The van der Waals surface area contributed by atoms with Gasteiger partial charge in [-0.05, 0) is 22.0 Å². The van der Waals surface area contributed by atoms with E-state index in [-0.39, 0.29) is 23.8 Å². The van der Waals surface area contributed by atoms with Gasteiger partial charge in [-0.25, -0.2) is 10.8 Å². The number of hydrogen-bond acceptors (Lipinski definition) is 6. The predicted octanol–water partition coefficient (Wildman–Crippen LogP) is -0.378. The van der Waals surface area contributed by atoms with Crippen molar-refractivity contribution in [1.29, 1.82) is 0 Å². The number of aromatic nitrogens is 1. The number of pyridine rings is 1. The lowest BCUT2D eigenvalue weighted by Gasteiger charge is -2.09. The molecule has 9 heteroatoms. The van der Waals surface area contributed by atoms with Crippen LogP contribution in [0.1, 0.15) is 10.4 Å². The summed E-state index contributed by atoms with van der Waals surface area (Å²) >= 11 is 3.21. The molecule has 0 aliphatic rings. The van der Waals surface area contributed by atoms with Gasteiger partial charge in [-0.15, -0.1) is 0 Å². The first-order valence-electron chi connectivity index (χ1n) is 5.74. The third-order valence-corrected chi connectivity index (χ3v) is 2.71. The number of halogens is 1. The van der Waals surface area contributed by atoms with Crippen LogP contribution in [0.2, 0.25) is 0 Å². The van der Waals surface area contributed by atoms with E-state index in [0.29, 0.717) is 17.6 Å². The molecule has 0 aromatic carbocycles. The molecule has 0 aliphatic carbocycles. The van der Waals surface area contributed by atoms with Crippen molar-refractivity contribution in [2.24, 2.45) is 5.84 Å². The molecule has 2 amide bonds. The average Bonchev–Trinajstić information content (AvgIpc) is 2.45. The zero-order valence-corrected chi connectivity index (χ0v) is 12.5. The van der Waals surface area contributed by atoms with Gasteiger partial charge in [0.05, 0.1) is 18.7 Å². The third kappa shape index (κ3) is 5.11. The van der Waals surface area contributed by atoms with Crippen LogP contribution in [-0.4, -0.2) is 43.6 Å². The van der Waals surface area contributed by atoms with Gasteiger partial charge in [0.1, 0.15) is 0 Å². The van der Waals surface area contributed by atoms with E-state index in [1.807, 2.05) is 0 Å². The molecule has 0 spiro atoms. The highest BCUT2D eigenvalue weighted by Gasteiger charge is 2.13. The Morgan fingerprint density at radius 1 is 1.45 bits per heavy atom. The van der Waals surface area contributed by atoms with Crippen LogP contribution in [0.25, 0.3) is 0 Å². The van der Waals surface area contributed by atoms with Crippen LogP contribution in [0.4, 0.5) is 5.82 Å². The Balaban J connectivity index is 2.54. The molecule has 0 saturated carbocycles. The Morgan fingerprint density at radius 3 is 2.85 bits per heavy atom. The summed E-state index contributed by atoms with van der Waals surface area (Å²) in [5.74, 6) is 4.75. The van der Waals surface area contributed by atoms with E-state index in [2.05, 4.69) is 37.0 Å². The van der Waals surface area contributed by atoms with Gasteiger partial charge in [-0.1, -0.05) is 0 Å². The normalized spacial score (nSPS) is 9.95. The number of amides is 2. The molecule has 0 bridgehead atoms. The van der Waals surface area contributed by atoms with Crippen molar-refractivity contribution in [1.82, 2.24) is 15.6 Å². The fraction of sp³-hybridized carbons (Fsp3) is 0.364. The summed E-state index contributed by atoms with van der Waals surface area (Å²) in [4.78, 5) is 27.3. The van der Waals surface area contributed by atoms with E-state index >= 15 is 0 Å². The number of carbonyl (C=O) groups excluding carboxylic acids is 2. The number of nitrogen functional groups attached to an aromatic ring is 1. The highest BCUT2D eigenvalue weighted by atomic mass is 79.9. The summed E-state index contributed by atoms with van der Waals surface area (Å²) in [5.41, 5.74) is 2.57. The molecule has 20 heavy (non-hydrogen) atoms. The first kappa shape index (κ1) is 16.3. The van der Waals surface area contributed by atoms with E-state index in [1.54, 1.807) is 6.07 Å². The number of rotatable bonds is 7. The predicted molar refractivity (Wildman–Crippen MR) is 77.0 cm³/mol. The van der Waals surface area contributed by atoms with Gasteiger partial charge < -0.3 is 20.8 Å². The van der Waals surface area contributed by atoms with Gasteiger partial charge >= 0.3 is 0 Å². The lowest BCUT2D eigenvalue weighted by Crippen LogP contribution is -2.38. The lowest BCUT2D eigenvalue weighted by atomic mass is 10.2. The van der Waals surface area contributed by atoms with Crippen LogP contribution in [0.15, 0.2) is 16.7 Å². The van der Waals surface area contributed by atoms with Crippen LogP contribution in [0, 0.1) is 0 Å². The van der Waals surface area contributed by atoms with E-state index in [0.717, 1.165) is 0 Å². The quantitative estimate of drug-likeness (QED) is 0.304. The van der Waals surface area contributed by atoms with Crippen molar-refractivity contribution in [2.45, 2.75) is 0 Å². The number of hydrazine groups is 1. The Kier molecular flexibility index (Phi) is 6.91. The Morgan fingerprint density at radius 2 is 2.20 bits per heavy atom. The maximum Gasteiger partial charge on any atom is 0.255 e. The third-order valence-electron chi connectivity index (χ3n) is 2.27. The number of methoxy groups -OCH3 is 1. The van der Waals surface area contributed by atoms with Crippen molar-refractivity contribution in [3.8, 4) is 0 Å². The molecule has 0 fully saturated rings. The molecule has 1 aromatic heterocycles. The molecule has 0 unspecified atom stereocenters. The van der Waals surface area contributed by atoms with Crippen LogP contribution < -0.4 is 21.9 Å². The van der Waals surface area contributed by atoms with Crippen LogP contribution in [-0.2, 0) is 9.53 Å². The monoisotopic (exact) mass is 345 g/mol. The highest BCUT2D eigenvalue weighted by molar-refractivity contribution is 9.10. The molecule has 1 rings (SSSR count). The molecule has 0 aliphatic heterocycles. The lowest BCUT2D eigenvalue weighted by molar-refractivity contribution is -0.120. The summed E-state index contributed by atoms with van der Waals surface area (Å²) in [6.07, 6.45) is 1.50. The number of carbonyl (C=O) groups is 2. The van der Waals surface area contributed by atoms with Crippen molar-refractivity contribution >= 4 is 33.6 Å². The fourth-order valence-electron chi connectivity index (χ4n) is 1.34. The summed E-state index contributed by atoms with van der Waals surface area (Å²) in [5, 5.41) is 5.07. The Hall–Kier alpha value is -1.71. The molecule has 110 valence electrons. The topological polar surface area (TPSA) is 118 Å². The summed E-state index contributed by atoms with van der Waals surface area (Å²) in [6.45, 7) is 0.662. The second-order valence-corrected chi connectivity index (χ2v) is 4.64. The van der Waals surface area contributed by atoms with Crippen molar-refractivity contribution in [3.63, 3.8) is 0 Å². The zero-order valence-electron chi connectivity index (χ0n) is 10.9. The van der Waals surface area contributed by atoms with Gasteiger partial charge in [0, 0.05) is 24.3 Å². The summed E-state index contributed by atoms with van der Waals surface area (Å²) < 4.78 is 5.42. The second kappa shape index (κ2) is 8.46. The molecular weight excluding hydrogens is 330 g/mol. The largest absolute Gasteiger partial charge is 0.383 e. The minimum absolute atomic E-state index is 0.140. The molecule has 1 heterocycles. The van der Waals surface area contributed by atoms with Gasteiger partial charge in [0.2, 0.25) is 5.91 Å². The second-order valence-electron chi connectivity index (χ2n) is 3.72. The number of nitrogens with two attached hydrogens (primary N) is 1. The minimum atomic E-state index is -0.450. The van der Waals surface area contributed by atoms with E-state index in [9.17, 15) is 9.59 Å². The SMILES string of the molecule is COCCNC(=O)CNC(=O)c1cc(Br)cnc1NN. The number of ether oxygens (including phenoxy) is 1. The average molecular weight is 346 g/mol. The Bertz CT molecular complexity index is 483. The maximum atomic E-state index is 11.9. The first-order chi connectivity index (χ1) is 9.58. The molecule has 0 saturated heterocycles. The zero-order chi connectivity index (χ0) is 15.0. The summed E-state index contributed by atoms with van der Waals surface area (Å²) in [6, 6.07) is 1.56. The van der Waals surface area contributed by atoms with Gasteiger partial charge in [0.25, 0.3) is 5.91 Å². The van der Waals surface area contributed by atoms with Crippen molar-refractivity contribution < 1.29 is 14.3 Å². The number of nitrogens with zero attached hydrogens (tertiary/aromatic N) is 1. The van der Waals surface area contributed by atoms with E-state index < -0.39 is 5.91 Å². The van der Waals surface area contributed by atoms with Gasteiger partial charge in [-0.3, -0.25) is 9.59 Å². The molecule has 0 atom stereocenters. The van der Waals surface area contributed by atoms with Crippen molar-refractivity contribution in [3.05, 3.63) is 22.3 Å². The van der Waals surface area contributed by atoms with Crippen molar-refractivity contribution in [2.75, 3.05) is 32.2 Å². The standard InChI is InChI=1S/C11H16BrN5O3/c1-20-3-2-14-9(18)6-16-11(19)8-4-7(12)5-15-10(8)17-13/h4-5H,2-3,6,13H2,1H3,(H,14,18)(H,15,17)(H,16,19). The molecular formula is C11H16BrN5O3. The van der Waals surface area contributed by atoms with Crippen LogP contribution in [0.3, 0.4) is 0 Å². The van der Waals surface area contributed by atoms with E-state index in [4.69, 9.17) is 10.6 Å². The number of hydrogen-bond donors (Lipinski definition) is 4. The number of nitrogens with one attached hydrogen (secondary N) is 3. The smallest absolute Gasteiger partial charge is 0.255 e. The molecule has 0 radical (unpaired) electrons. The molecule has 1 aromatic rings. The van der Waals surface area contributed by atoms with Crippen LogP contribution >= 0.6 is 15.9 Å². The number of anilines is 1. The molecule has 5 N–H and O–H groups in total. The fourth-order valence-corrected chi connectivity index (χ4v) is 1.67. The highest BCUT2D eigenvalue weighted by Crippen LogP contribution is 2.16. The van der Waals surface area contributed by atoms with Gasteiger partial charge in [-0.2, -0.15) is 0 Å². The summed E-state index contributed by atoms with van der Waals surface area (Å²) in [7, 11) is 1.54. The maximum absolute atomic E-state index is 11.9. The van der Waals surface area contributed by atoms with Crippen LogP contribution in [0.5, 0.6) is 0 Å². The van der Waals surface area contributed by atoms with Gasteiger partial charge in [0.15, 0.2) is 5.82 Å². The van der Waals surface area contributed by atoms with E-state index in [1.165, 1.54) is 13.3 Å². The minimum Gasteiger partial charge on any atom is -0.383 e. The molecule has 8 nitrogen and oxygen atoms in total. The Labute approximate surface area is 124 Å². The first-order valence-corrected chi connectivity index (χ1v) is 6.53.